The second kappa shape index (κ2) is 10.2. The minimum absolute atomic E-state index is 0.220. The molecule has 3 aromatic rings. The fourth-order valence-electron chi connectivity index (χ4n) is 5.27. The number of anilines is 2. The molecule has 0 aromatic heterocycles. The van der Waals surface area contributed by atoms with Crippen LogP contribution in [-0.4, -0.2) is 24.6 Å². The van der Waals surface area contributed by atoms with Gasteiger partial charge in [0.2, 0.25) is 12.8 Å². The number of hydrogen-bond donors (Lipinski definition) is 4. The highest BCUT2D eigenvalue weighted by Gasteiger charge is 2.43. The lowest BCUT2D eigenvalue weighted by Gasteiger charge is -2.39. The fraction of sp³-hybridized carbons (Fsp3) is 0.250. The van der Waals surface area contributed by atoms with Crippen molar-refractivity contribution in [1.82, 2.24) is 0 Å². The molecule has 2 amide bonds. The van der Waals surface area contributed by atoms with Crippen LogP contribution in [0.4, 0.5) is 15.8 Å². The summed E-state index contributed by atoms with van der Waals surface area (Å²) in [4.78, 5) is 22.1. The first-order valence-electron chi connectivity index (χ1n) is 11.6. The average Bonchev–Trinajstić information content (AvgIpc) is 2.96. The van der Waals surface area contributed by atoms with Crippen molar-refractivity contribution in [2.75, 3.05) is 10.6 Å². The van der Waals surface area contributed by atoms with Gasteiger partial charge in [-0.1, -0.05) is 24.3 Å². The molecular formula is C28H29FN4O2. The molecule has 0 aliphatic heterocycles. The van der Waals surface area contributed by atoms with Gasteiger partial charge in [-0.25, -0.2) is 4.39 Å². The minimum atomic E-state index is -0.830. The van der Waals surface area contributed by atoms with Crippen molar-refractivity contribution < 1.29 is 14.0 Å². The topological polar surface area (TPSA) is 108 Å². The largest absolute Gasteiger partial charge is 0.329 e. The summed E-state index contributed by atoms with van der Waals surface area (Å²) in [6, 6.07) is 17.6. The Hall–Kier alpha value is -3.84. The van der Waals surface area contributed by atoms with Gasteiger partial charge in [-0.3, -0.25) is 9.59 Å². The summed E-state index contributed by atoms with van der Waals surface area (Å²) in [6.07, 6.45) is 3.52. The van der Waals surface area contributed by atoms with Crippen LogP contribution in [0.5, 0.6) is 0 Å². The number of nitrogens with two attached hydrogens (primary N) is 1. The number of halogens is 1. The second-order valence-corrected chi connectivity index (χ2v) is 9.14. The number of nitrogens with one attached hydrogen (secondary N) is 3. The molecule has 1 aliphatic carbocycles. The third kappa shape index (κ3) is 4.86. The third-order valence-corrected chi connectivity index (χ3v) is 6.68. The van der Waals surface area contributed by atoms with Gasteiger partial charge < -0.3 is 21.8 Å². The van der Waals surface area contributed by atoms with E-state index in [0.29, 0.717) is 55.6 Å². The molecule has 0 bridgehead atoms. The van der Waals surface area contributed by atoms with Crippen molar-refractivity contribution in [2.45, 2.75) is 44.1 Å². The fourth-order valence-corrected chi connectivity index (χ4v) is 5.27. The smallest absolute Gasteiger partial charge is 0.211 e. The zero-order valence-corrected chi connectivity index (χ0v) is 19.6. The van der Waals surface area contributed by atoms with Crippen LogP contribution in [-0.2, 0) is 34.3 Å². The van der Waals surface area contributed by atoms with E-state index >= 15 is 0 Å². The number of amides is 2. The Kier molecular flexibility index (Phi) is 7.07. The van der Waals surface area contributed by atoms with Gasteiger partial charge in [0.25, 0.3) is 0 Å². The summed E-state index contributed by atoms with van der Waals surface area (Å²) in [5.41, 5.74) is 12.3. The van der Waals surface area contributed by atoms with E-state index in [2.05, 4.69) is 10.6 Å². The Morgan fingerprint density at radius 3 is 1.94 bits per heavy atom. The van der Waals surface area contributed by atoms with E-state index in [1.165, 1.54) is 12.1 Å². The van der Waals surface area contributed by atoms with Crippen LogP contribution < -0.4 is 16.4 Å². The number of rotatable bonds is 9. The van der Waals surface area contributed by atoms with Gasteiger partial charge in [-0.15, -0.1) is 0 Å². The molecule has 0 spiro atoms. The lowest BCUT2D eigenvalue weighted by molar-refractivity contribution is -0.106. The minimum Gasteiger partial charge on any atom is -0.329 e. The van der Waals surface area contributed by atoms with Gasteiger partial charge in [-0.2, -0.15) is 0 Å². The monoisotopic (exact) mass is 472 g/mol. The molecule has 3 aromatic carbocycles. The molecule has 0 unspecified atom stereocenters. The second-order valence-electron chi connectivity index (χ2n) is 9.14. The molecule has 0 fully saturated rings. The number of hydrogen-bond acceptors (Lipinski definition) is 4. The lowest BCUT2D eigenvalue weighted by atomic mass is 9.64. The van der Waals surface area contributed by atoms with Gasteiger partial charge in [0.15, 0.2) is 0 Å². The molecule has 1 atom stereocenters. The maximum absolute atomic E-state index is 13.5. The highest BCUT2D eigenvalue weighted by atomic mass is 19.1. The number of carbonyl (C=O) groups excluding carboxylic acids is 2. The summed E-state index contributed by atoms with van der Waals surface area (Å²) in [7, 11) is 0. The van der Waals surface area contributed by atoms with Gasteiger partial charge in [0.1, 0.15) is 5.82 Å². The standard InChI is InChI=1S/C28H29FN4O2/c1-18(30)15-28(27(31)12-19-2-6-22(29)7-3-19)25-10-8-23(32-16-34)13-20(25)4-5-21-14-24(33-17-35)9-11-26(21)28/h2-3,6-11,13-14,16-18,31H,4-5,12,15,30H2,1H3,(H,32,34)(H,33,35)/t18-/m0/s1. The van der Waals surface area contributed by atoms with Crippen molar-refractivity contribution in [2.24, 2.45) is 5.73 Å². The quantitative estimate of drug-likeness (QED) is 0.275. The summed E-state index contributed by atoms with van der Waals surface area (Å²) in [5.74, 6) is -0.318. The normalized spacial score (nSPS) is 14.6. The predicted octanol–water partition coefficient (Wildman–Crippen LogP) is 4.35. The van der Waals surface area contributed by atoms with Crippen molar-refractivity contribution in [3.63, 3.8) is 0 Å². The van der Waals surface area contributed by atoms with Gasteiger partial charge in [0.05, 0.1) is 5.41 Å². The number of aryl methyl sites for hydroxylation is 2. The molecule has 0 saturated heterocycles. The van der Waals surface area contributed by atoms with Gasteiger partial charge in [0, 0.05) is 29.5 Å². The first-order chi connectivity index (χ1) is 16.9. The number of benzene rings is 3. The highest BCUT2D eigenvalue weighted by molar-refractivity contribution is 5.99. The Morgan fingerprint density at radius 2 is 1.49 bits per heavy atom. The zero-order chi connectivity index (χ0) is 25.0. The van der Waals surface area contributed by atoms with E-state index in [-0.39, 0.29) is 11.9 Å². The maximum atomic E-state index is 13.5. The average molecular weight is 473 g/mol. The molecule has 35 heavy (non-hydrogen) atoms. The van der Waals surface area contributed by atoms with Crippen LogP contribution in [0.1, 0.15) is 41.2 Å². The van der Waals surface area contributed by atoms with E-state index in [4.69, 9.17) is 5.73 Å². The molecule has 180 valence electrons. The maximum Gasteiger partial charge on any atom is 0.211 e. The van der Waals surface area contributed by atoms with Gasteiger partial charge >= 0.3 is 0 Å². The number of fused-ring (bicyclic) bond motifs is 2. The van der Waals surface area contributed by atoms with Crippen LogP contribution in [0.3, 0.4) is 0 Å². The van der Waals surface area contributed by atoms with Crippen molar-refractivity contribution in [1.29, 1.82) is 5.41 Å². The molecule has 1 aliphatic rings. The molecular weight excluding hydrogens is 443 g/mol. The Morgan fingerprint density at radius 1 is 0.971 bits per heavy atom. The molecule has 4 rings (SSSR count). The van der Waals surface area contributed by atoms with Crippen LogP contribution in [0.25, 0.3) is 0 Å². The van der Waals surface area contributed by atoms with Crippen LogP contribution in [0.15, 0.2) is 60.7 Å². The van der Waals surface area contributed by atoms with Gasteiger partial charge in [-0.05, 0) is 90.4 Å². The molecule has 6 nitrogen and oxygen atoms in total. The van der Waals surface area contributed by atoms with E-state index in [1.807, 2.05) is 43.3 Å². The van der Waals surface area contributed by atoms with E-state index in [1.54, 1.807) is 12.1 Å². The summed E-state index contributed by atoms with van der Waals surface area (Å²) >= 11 is 0. The first kappa shape index (κ1) is 24.3. The van der Waals surface area contributed by atoms with Crippen LogP contribution >= 0.6 is 0 Å². The third-order valence-electron chi connectivity index (χ3n) is 6.68. The lowest BCUT2D eigenvalue weighted by Crippen LogP contribution is -2.43. The summed E-state index contributed by atoms with van der Waals surface area (Å²) in [6.45, 7) is 1.93. The zero-order valence-electron chi connectivity index (χ0n) is 19.6. The number of carbonyl (C=O) groups is 2. The van der Waals surface area contributed by atoms with Crippen molar-refractivity contribution in [3.8, 4) is 0 Å². The Balaban J connectivity index is 1.95. The SMILES string of the molecule is C[C@H](N)CC1(C(=N)Cc2ccc(F)cc2)c2ccc(NC=O)cc2CCc2cc(NC=O)ccc21. The molecule has 0 heterocycles. The van der Waals surface area contributed by atoms with Crippen molar-refractivity contribution >= 4 is 29.9 Å². The molecule has 0 saturated carbocycles. The summed E-state index contributed by atoms with van der Waals surface area (Å²) < 4.78 is 13.5. The van der Waals surface area contributed by atoms with Crippen LogP contribution in [0.2, 0.25) is 0 Å². The highest BCUT2D eigenvalue weighted by Crippen LogP contribution is 2.45. The molecule has 0 radical (unpaired) electrons. The van der Waals surface area contributed by atoms with E-state index < -0.39 is 5.41 Å². The van der Waals surface area contributed by atoms with E-state index in [9.17, 15) is 19.4 Å². The van der Waals surface area contributed by atoms with Crippen molar-refractivity contribution in [3.05, 3.63) is 94.3 Å². The van der Waals surface area contributed by atoms with E-state index in [0.717, 1.165) is 27.8 Å². The Bertz CT molecular complexity index is 1190. The first-order valence-corrected chi connectivity index (χ1v) is 11.6. The predicted molar refractivity (Wildman–Crippen MR) is 137 cm³/mol. The van der Waals surface area contributed by atoms with Crippen LogP contribution in [0, 0.1) is 11.2 Å². The Labute approximate surface area is 204 Å². The molecule has 7 heteroatoms. The molecule has 5 N–H and O–H groups in total. The summed E-state index contributed by atoms with van der Waals surface area (Å²) in [5, 5.41) is 14.9.